The lowest BCUT2D eigenvalue weighted by molar-refractivity contribution is -0.117. The first-order chi connectivity index (χ1) is 7.63. The maximum Gasteiger partial charge on any atom is 0.228 e. The van der Waals surface area contributed by atoms with Gasteiger partial charge in [0.2, 0.25) is 5.91 Å². The summed E-state index contributed by atoms with van der Waals surface area (Å²) < 4.78 is 0.896. The fraction of sp³-hybridized carbons (Fsp3) is 0.333. The third-order valence-electron chi connectivity index (χ3n) is 2.81. The van der Waals surface area contributed by atoms with Gasteiger partial charge in [0, 0.05) is 25.1 Å². The zero-order chi connectivity index (χ0) is 11.7. The number of nitrogens with zero attached hydrogens (tertiary/aromatic N) is 2. The Labute approximate surface area is 103 Å². The number of aryl methyl sites for hydroxylation is 1. The standard InChI is InChI=1S/C12H13BrN2O/c1-3-9-6-10(16)15(7-9)12-11(13)8(2)4-5-14-12/h3-5,9H,1,6-7H2,2H3. The van der Waals surface area contributed by atoms with Gasteiger partial charge < -0.3 is 0 Å². The van der Waals surface area contributed by atoms with E-state index in [0.29, 0.717) is 18.8 Å². The van der Waals surface area contributed by atoms with Crippen LogP contribution in [0.5, 0.6) is 0 Å². The summed E-state index contributed by atoms with van der Waals surface area (Å²) in [5, 5.41) is 0. The van der Waals surface area contributed by atoms with Gasteiger partial charge in [-0.2, -0.15) is 0 Å². The van der Waals surface area contributed by atoms with Crippen molar-refractivity contribution in [2.24, 2.45) is 5.92 Å². The quantitative estimate of drug-likeness (QED) is 0.781. The zero-order valence-corrected chi connectivity index (χ0v) is 10.7. The van der Waals surface area contributed by atoms with Gasteiger partial charge in [0.1, 0.15) is 5.82 Å². The third kappa shape index (κ3) is 1.89. The monoisotopic (exact) mass is 280 g/mol. The van der Waals surface area contributed by atoms with Crippen LogP contribution >= 0.6 is 15.9 Å². The molecule has 1 fully saturated rings. The maximum atomic E-state index is 11.8. The largest absolute Gasteiger partial charge is 0.295 e. The molecule has 0 spiro atoms. The first-order valence-electron chi connectivity index (χ1n) is 5.17. The number of carbonyl (C=O) groups is 1. The molecular formula is C12H13BrN2O. The van der Waals surface area contributed by atoms with Gasteiger partial charge in [-0.05, 0) is 34.5 Å². The van der Waals surface area contributed by atoms with Gasteiger partial charge in [-0.1, -0.05) is 6.08 Å². The molecule has 1 aliphatic rings. The van der Waals surface area contributed by atoms with E-state index >= 15 is 0 Å². The molecule has 3 nitrogen and oxygen atoms in total. The molecule has 0 saturated carbocycles. The van der Waals surface area contributed by atoms with Crippen molar-refractivity contribution in [3.8, 4) is 0 Å². The van der Waals surface area contributed by atoms with E-state index in [2.05, 4.69) is 27.5 Å². The van der Waals surface area contributed by atoms with Gasteiger partial charge >= 0.3 is 0 Å². The second kappa shape index (κ2) is 4.37. The van der Waals surface area contributed by atoms with Crippen molar-refractivity contribution < 1.29 is 4.79 Å². The van der Waals surface area contributed by atoms with E-state index in [-0.39, 0.29) is 11.8 Å². The first-order valence-corrected chi connectivity index (χ1v) is 5.96. The molecule has 0 bridgehead atoms. The van der Waals surface area contributed by atoms with E-state index in [4.69, 9.17) is 0 Å². The fourth-order valence-corrected chi connectivity index (χ4v) is 2.26. The summed E-state index contributed by atoms with van der Waals surface area (Å²) in [5.74, 6) is 1.07. The molecule has 1 aromatic rings. The molecule has 0 aliphatic carbocycles. The van der Waals surface area contributed by atoms with Crippen molar-refractivity contribution in [3.63, 3.8) is 0 Å². The normalized spacial score (nSPS) is 20.2. The summed E-state index contributed by atoms with van der Waals surface area (Å²) in [5.41, 5.74) is 1.08. The number of carbonyl (C=O) groups excluding carboxylic acids is 1. The number of amides is 1. The molecule has 0 aromatic carbocycles. The predicted octanol–water partition coefficient (Wildman–Crippen LogP) is 2.69. The SMILES string of the molecule is C=CC1CC(=O)N(c2nccc(C)c2Br)C1. The van der Waals surface area contributed by atoms with Crippen molar-refractivity contribution in [1.29, 1.82) is 0 Å². The van der Waals surface area contributed by atoms with Crippen molar-refractivity contribution in [3.05, 3.63) is 35.0 Å². The van der Waals surface area contributed by atoms with Crippen LogP contribution in [-0.2, 0) is 4.79 Å². The van der Waals surface area contributed by atoms with E-state index in [0.717, 1.165) is 10.0 Å². The lowest BCUT2D eigenvalue weighted by atomic mass is 10.1. The van der Waals surface area contributed by atoms with Crippen LogP contribution in [0, 0.1) is 12.8 Å². The average Bonchev–Trinajstić information content (AvgIpc) is 2.64. The molecule has 0 N–H and O–H groups in total. The fourth-order valence-electron chi connectivity index (χ4n) is 1.81. The lowest BCUT2D eigenvalue weighted by Gasteiger charge is -2.17. The summed E-state index contributed by atoms with van der Waals surface area (Å²) in [7, 11) is 0. The minimum absolute atomic E-state index is 0.115. The molecule has 1 aromatic heterocycles. The number of halogens is 1. The van der Waals surface area contributed by atoms with Crippen LogP contribution in [-0.4, -0.2) is 17.4 Å². The van der Waals surface area contributed by atoms with Gasteiger partial charge in [-0.3, -0.25) is 9.69 Å². The number of anilines is 1. The molecule has 1 amide bonds. The maximum absolute atomic E-state index is 11.8. The van der Waals surface area contributed by atoms with Gasteiger partial charge in [-0.15, -0.1) is 6.58 Å². The van der Waals surface area contributed by atoms with Crippen LogP contribution < -0.4 is 4.90 Å². The topological polar surface area (TPSA) is 33.2 Å². The number of rotatable bonds is 2. The summed E-state index contributed by atoms with van der Waals surface area (Å²) >= 11 is 3.48. The predicted molar refractivity (Wildman–Crippen MR) is 67.3 cm³/mol. The highest BCUT2D eigenvalue weighted by molar-refractivity contribution is 9.10. The highest BCUT2D eigenvalue weighted by atomic mass is 79.9. The number of aromatic nitrogens is 1. The highest BCUT2D eigenvalue weighted by Crippen LogP contribution is 2.31. The second-order valence-corrected chi connectivity index (χ2v) is 4.76. The molecular weight excluding hydrogens is 268 g/mol. The van der Waals surface area contributed by atoms with E-state index in [1.54, 1.807) is 11.1 Å². The third-order valence-corrected chi connectivity index (χ3v) is 3.79. The van der Waals surface area contributed by atoms with Crippen LogP contribution in [0.1, 0.15) is 12.0 Å². The van der Waals surface area contributed by atoms with Crippen molar-refractivity contribution in [2.45, 2.75) is 13.3 Å². The van der Waals surface area contributed by atoms with Crippen molar-refractivity contribution >= 4 is 27.7 Å². The van der Waals surface area contributed by atoms with Crippen LogP contribution in [0.4, 0.5) is 5.82 Å². The van der Waals surface area contributed by atoms with Crippen LogP contribution in [0.15, 0.2) is 29.4 Å². The second-order valence-electron chi connectivity index (χ2n) is 3.97. The Morgan fingerprint density at radius 2 is 2.44 bits per heavy atom. The summed E-state index contributed by atoms with van der Waals surface area (Å²) in [4.78, 5) is 17.8. The zero-order valence-electron chi connectivity index (χ0n) is 9.11. The molecule has 1 saturated heterocycles. The van der Waals surface area contributed by atoms with E-state index in [1.165, 1.54) is 0 Å². The summed E-state index contributed by atoms with van der Waals surface area (Å²) in [6.07, 6.45) is 4.09. The number of hydrogen-bond acceptors (Lipinski definition) is 2. The Morgan fingerprint density at radius 3 is 3.06 bits per heavy atom. The summed E-state index contributed by atoms with van der Waals surface area (Å²) in [6.45, 7) is 6.40. The molecule has 1 atom stereocenters. The minimum Gasteiger partial charge on any atom is -0.295 e. The summed E-state index contributed by atoms with van der Waals surface area (Å²) in [6, 6.07) is 1.92. The molecule has 2 rings (SSSR count). The molecule has 84 valence electrons. The van der Waals surface area contributed by atoms with Gasteiger partial charge in [-0.25, -0.2) is 4.98 Å². The number of pyridine rings is 1. The molecule has 16 heavy (non-hydrogen) atoms. The van der Waals surface area contributed by atoms with Gasteiger partial charge in [0.05, 0.1) is 4.47 Å². The Morgan fingerprint density at radius 1 is 1.69 bits per heavy atom. The van der Waals surface area contributed by atoms with Gasteiger partial charge in [0.25, 0.3) is 0 Å². The average molecular weight is 281 g/mol. The smallest absolute Gasteiger partial charge is 0.228 e. The Hall–Kier alpha value is -1.16. The number of hydrogen-bond donors (Lipinski definition) is 0. The van der Waals surface area contributed by atoms with Crippen molar-refractivity contribution in [1.82, 2.24) is 4.98 Å². The van der Waals surface area contributed by atoms with Crippen LogP contribution in [0.3, 0.4) is 0 Å². The Kier molecular flexibility index (Phi) is 3.10. The van der Waals surface area contributed by atoms with Crippen LogP contribution in [0.2, 0.25) is 0 Å². The van der Waals surface area contributed by atoms with Crippen molar-refractivity contribution in [2.75, 3.05) is 11.4 Å². The van der Waals surface area contributed by atoms with E-state index < -0.39 is 0 Å². The van der Waals surface area contributed by atoms with Gasteiger partial charge in [0.15, 0.2) is 0 Å². The first kappa shape index (κ1) is 11.3. The molecule has 0 radical (unpaired) electrons. The minimum atomic E-state index is 0.115. The lowest BCUT2D eigenvalue weighted by Crippen LogP contribution is -2.25. The molecule has 1 unspecified atom stereocenters. The Bertz CT molecular complexity index is 445. The molecule has 2 heterocycles. The van der Waals surface area contributed by atoms with E-state index in [9.17, 15) is 4.79 Å². The highest BCUT2D eigenvalue weighted by Gasteiger charge is 2.30. The van der Waals surface area contributed by atoms with E-state index in [1.807, 2.05) is 19.1 Å². The molecule has 4 heteroatoms. The Balaban J connectivity index is 2.35. The van der Waals surface area contributed by atoms with Crippen LogP contribution in [0.25, 0.3) is 0 Å². The molecule has 1 aliphatic heterocycles.